The molecule has 3 atom stereocenters. The zero-order chi connectivity index (χ0) is 35.4. The molecule has 2 fully saturated rings. The standard InChI is InChI=1S/C41H40F4N2O3/c1-27(2)23-37(39(48)47-34(26-50-40(47)49)24-28-9-5-3-6-10-28)31-15-20-35(36(25-31)29-11-16-32(17-12-29)41(43,44)45)38(46-21-7-4-8-22-46)30-13-18-33(42)19-14-30/h3,5-6,9-20,25,34,37-38H,1,4,7-8,21-24,26H2,2H3/t34-,37-,38?/m1/s1. The molecule has 2 aliphatic heterocycles. The minimum absolute atomic E-state index is 0.0736. The lowest BCUT2D eigenvalue weighted by molar-refractivity contribution is -0.137. The smallest absolute Gasteiger partial charge is 0.417 e. The Kier molecular flexibility index (Phi) is 10.5. The number of hydrogen-bond donors (Lipinski definition) is 0. The van der Waals surface area contributed by atoms with Crippen molar-refractivity contribution < 1.29 is 31.9 Å². The Balaban J connectivity index is 1.46. The molecule has 260 valence electrons. The van der Waals surface area contributed by atoms with Crippen molar-refractivity contribution in [1.82, 2.24) is 9.80 Å². The molecule has 0 aromatic heterocycles. The van der Waals surface area contributed by atoms with E-state index in [1.54, 1.807) is 12.1 Å². The lowest BCUT2D eigenvalue weighted by atomic mass is 9.83. The second-order valence-corrected chi connectivity index (χ2v) is 13.3. The number of allylic oxidation sites excluding steroid dienone is 1. The maximum absolute atomic E-state index is 14.4. The second kappa shape index (κ2) is 15.0. The quantitative estimate of drug-likeness (QED) is 0.123. The van der Waals surface area contributed by atoms with Gasteiger partial charge in [0.05, 0.1) is 23.6 Å². The van der Waals surface area contributed by atoms with E-state index in [2.05, 4.69) is 11.5 Å². The molecular formula is C41H40F4N2O3. The van der Waals surface area contributed by atoms with Gasteiger partial charge in [0.25, 0.3) is 0 Å². The molecule has 5 nitrogen and oxygen atoms in total. The SMILES string of the molecule is C=C(C)C[C@@H](C(=O)N1C(=O)OC[C@H]1Cc1ccccc1)c1ccc(C(c2ccc(F)cc2)N2CCCCC2)c(-c2ccc(C(F)(F)F)cc2)c1. The number of nitrogens with zero attached hydrogens (tertiary/aromatic N) is 2. The van der Waals surface area contributed by atoms with Crippen molar-refractivity contribution in [3.05, 3.63) is 143 Å². The Morgan fingerprint density at radius 3 is 2.20 bits per heavy atom. The van der Waals surface area contributed by atoms with E-state index in [1.807, 2.05) is 55.5 Å². The zero-order valence-electron chi connectivity index (χ0n) is 28.0. The number of piperidine rings is 1. The van der Waals surface area contributed by atoms with Crippen molar-refractivity contribution in [3.63, 3.8) is 0 Å². The largest absolute Gasteiger partial charge is 0.447 e. The van der Waals surface area contributed by atoms with Crippen LogP contribution in [0.2, 0.25) is 0 Å². The van der Waals surface area contributed by atoms with Crippen LogP contribution in [0.25, 0.3) is 11.1 Å². The van der Waals surface area contributed by atoms with Crippen LogP contribution in [0.4, 0.5) is 22.4 Å². The Morgan fingerprint density at radius 1 is 0.900 bits per heavy atom. The lowest BCUT2D eigenvalue weighted by Gasteiger charge is -2.36. The van der Waals surface area contributed by atoms with E-state index in [0.717, 1.165) is 66.7 Å². The molecule has 0 saturated carbocycles. The van der Waals surface area contributed by atoms with Gasteiger partial charge in [0.15, 0.2) is 0 Å². The van der Waals surface area contributed by atoms with Crippen LogP contribution in [0.15, 0.2) is 109 Å². The molecule has 2 saturated heterocycles. The molecule has 0 N–H and O–H groups in total. The highest BCUT2D eigenvalue weighted by Gasteiger charge is 2.41. The summed E-state index contributed by atoms with van der Waals surface area (Å²) in [6, 6.07) is 25.8. The minimum atomic E-state index is -4.51. The normalized spacial score (nSPS) is 18.1. The second-order valence-electron chi connectivity index (χ2n) is 13.3. The summed E-state index contributed by atoms with van der Waals surface area (Å²) >= 11 is 0. The van der Waals surface area contributed by atoms with Gasteiger partial charge in [-0.3, -0.25) is 9.69 Å². The van der Waals surface area contributed by atoms with Crippen molar-refractivity contribution in [2.75, 3.05) is 19.7 Å². The summed E-state index contributed by atoms with van der Waals surface area (Å²) in [6.45, 7) is 7.56. The Morgan fingerprint density at radius 2 is 1.56 bits per heavy atom. The third-order valence-electron chi connectivity index (χ3n) is 9.60. The number of hydrogen-bond acceptors (Lipinski definition) is 4. The third-order valence-corrected chi connectivity index (χ3v) is 9.60. The van der Waals surface area contributed by atoms with Crippen LogP contribution in [0.5, 0.6) is 0 Å². The van der Waals surface area contributed by atoms with E-state index in [-0.39, 0.29) is 24.9 Å². The number of imide groups is 1. The third kappa shape index (κ3) is 7.83. The first-order valence-electron chi connectivity index (χ1n) is 17.0. The fraction of sp³-hybridized carbons (Fsp3) is 0.317. The zero-order valence-corrected chi connectivity index (χ0v) is 28.0. The summed E-state index contributed by atoms with van der Waals surface area (Å²) < 4.78 is 60.4. The van der Waals surface area contributed by atoms with Gasteiger partial charge in [0.1, 0.15) is 12.4 Å². The summed E-state index contributed by atoms with van der Waals surface area (Å²) in [6.07, 6.45) is -1.47. The topological polar surface area (TPSA) is 49.9 Å². The van der Waals surface area contributed by atoms with Crippen molar-refractivity contribution in [2.24, 2.45) is 0 Å². The van der Waals surface area contributed by atoms with E-state index in [9.17, 15) is 27.2 Å². The van der Waals surface area contributed by atoms with Crippen LogP contribution in [0, 0.1) is 5.82 Å². The number of carbonyl (C=O) groups excluding carboxylic acids is 2. The first-order chi connectivity index (χ1) is 24.0. The van der Waals surface area contributed by atoms with Gasteiger partial charge in [-0.15, -0.1) is 6.58 Å². The fourth-order valence-corrected chi connectivity index (χ4v) is 7.16. The number of benzene rings is 4. The van der Waals surface area contributed by atoms with Crippen LogP contribution in [0.3, 0.4) is 0 Å². The lowest BCUT2D eigenvalue weighted by Crippen LogP contribution is -2.43. The van der Waals surface area contributed by atoms with Gasteiger partial charge in [-0.1, -0.05) is 78.7 Å². The molecule has 0 radical (unpaired) electrons. The van der Waals surface area contributed by atoms with Crippen molar-refractivity contribution in [1.29, 1.82) is 0 Å². The Bertz CT molecular complexity index is 1820. The number of cyclic esters (lactones) is 1. The number of ether oxygens (including phenoxy) is 1. The molecule has 9 heteroatoms. The molecule has 0 aliphatic carbocycles. The molecule has 1 unspecified atom stereocenters. The predicted molar refractivity (Wildman–Crippen MR) is 185 cm³/mol. The van der Waals surface area contributed by atoms with E-state index < -0.39 is 35.7 Å². The number of rotatable bonds is 10. The molecule has 4 aromatic rings. The molecule has 0 spiro atoms. The number of likely N-dealkylation sites (tertiary alicyclic amines) is 1. The highest BCUT2D eigenvalue weighted by atomic mass is 19.4. The number of carbonyl (C=O) groups is 2. The molecule has 2 aliphatic rings. The van der Waals surface area contributed by atoms with Crippen LogP contribution in [0.1, 0.15) is 72.4 Å². The van der Waals surface area contributed by atoms with Crippen LogP contribution < -0.4 is 0 Å². The molecular weight excluding hydrogens is 644 g/mol. The van der Waals surface area contributed by atoms with E-state index in [0.29, 0.717) is 23.1 Å². The monoisotopic (exact) mass is 684 g/mol. The van der Waals surface area contributed by atoms with Gasteiger partial charge in [-0.2, -0.15) is 13.2 Å². The highest BCUT2D eigenvalue weighted by Crippen LogP contribution is 2.41. The van der Waals surface area contributed by atoms with Crippen LogP contribution in [-0.2, 0) is 22.1 Å². The minimum Gasteiger partial charge on any atom is -0.447 e. The van der Waals surface area contributed by atoms with Gasteiger partial charge >= 0.3 is 12.3 Å². The Hall–Kier alpha value is -4.76. The summed E-state index contributed by atoms with van der Waals surface area (Å²) in [5, 5.41) is 0. The molecule has 4 aromatic carbocycles. The number of alkyl halides is 3. The van der Waals surface area contributed by atoms with Crippen molar-refractivity contribution in [2.45, 2.75) is 63.2 Å². The Labute approximate surface area is 290 Å². The van der Waals surface area contributed by atoms with Gasteiger partial charge in [-0.05, 0) is 109 Å². The van der Waals surface area contributed by atoms with Gasteiger partial charge < -0.3 is 4.74 Å². The predicted octanol–water partition coefficient (Wildman–Crippen LogP) is 9.73. The number of amides is 2. The van der Waals surface area contributed by atoms with Gasteiger partial charge in [-0.25, -0.2) is 14.1 Å². The van der Waals surface area contributed by atoms with Crippen LogP contribution >= 0.6 is 0 Å². The summed E-state index contributed by atoms with van der Waals surface area (Å²) in [7, 11) is 0. The average molecular weight is 685 g/mol. The van der Waals surface area contributed by atoms with Crippen molar-refractivity contribution >= 4 is 12.0 Å². The average Bonchev–Trinajstić information content (AvgIpc) is 3.47. The molecule has 2 heterocycles. The first kappa shape index (κ1) is 35.1. The molecule has 50 heavy (non-hydrogen) atoms. The first-order valence-corrected chi connectivity index (χ1v) is 17.0. The molecule has 6 rings (SSSR count). The molecule has 0 bridgehead atoms. The summed E-state index contributed by atoms with van der Waals surface area (Å²) in [5.41, 5.74) is 4.40. The van der Waals surface area contributed by atoms with Gasteiger partial charge in [0, 0.05) is 0 Å². The maximum atomic E-state index is 14.4. The summed E-state index contributed by atoms with van der Waals surface area (Å²) in [5.74, 6) is -1.59. The van der Waals surface area contributed by atoms with Gasteiger partial charge in [0.2, 0.25) is 5.91 Å². The van der Waals surface area contributed by atoms with Crippen molar-refractivity contribution in [3.8, 4) is 11.1 Å². The van der Waals surface area contributed by atoms with Crippen LogP contribution in [-0.4, -0.2) is 47.5 Å². The fourth-order valence-electron chi connectivity index (χ4n) is 7.16. The van der Waals surface area contributed by atoms with E-state index in [4.69, 9.17) is 4.74 Å². The highest BCUT2D eigenvalue weighted by molar-refractivity contribution is 5.97. The molecule has 2 amide bonds. The van der Waals surface area contributed by atoms with E-state index >= 15 is 0 Å². The van der Waals surface area contributed by atoms with E-state index in [1.165, 1.54) is 29.2 Å². The maximum Gasteiger partial charge on any atom is 0.417 e. The number of halogens is 4. The summed E-state index contributed by atoms with van der Waals surface area (Å²) in [4.78, 5) is 31.0.